The monoisotopic (exact) mass is 330 g/mol. The normalized spacial score (nSPS) is 10.1. The average molecular weight is 331 g/mol. The molecule has 0 saturated carbocycles. The van der Waals surface area contributed by atoms with E-state index in [0.29, 0.717) is 15.7 Å². The quantitative estimate of drug-likeness (QED) is 0.780. The summed E-state index contributed by atoms with van der Waals surface area (Å²) in [4.78, 5) is 22.7. The summed E-state index contributed by atoms with van der Waals surface area (Å²) in [7, 11) is 0. The van der Waals surface area contributed by atoms with Crippen molar-refractivity contribution >= 4 is 57.2 Å². The van der Waals surface area contributed by atoms with Gasteiger partial charge < -0.3 is 10.4 Å². The number of carbonyl (C=O) groups is 2. The molecule has 0 saturated heterocycles. The summed E-state index contributed by atoms with van der Waals surface area (Å²) in [5, 5.41) is 16.5. The second-order valence-corrected chi connectivity index (χ2v) is 5.41. The van der Waals surface area contributed by atoms with E-state index >= 15 is 0 Å². The third-order valence-corrected chi connectivity index (χ3v) is 3.87. The zero-order valence-corrected chi connectivity index (χ0v) is 12.1. The summed E-state index contributed by atoms with van der Waals surface area (Å²) in [6.07, 6.45) is 0. The Morgan fingerprint density at radius 2 is 1.85 bits per heavy atom. The molecule has 0 radical (unpaired) electrons. The number of anilines is 2. The van der Waals surface area contributed by atoms with Crippen LogP contribution in [0.3, 0.4) is 0 Å². The molecule has 3 N–H and O–H groups in total. The van der Waals surface area contributed by atoms with Gasteiger partial charge in [-0.1, -0.05) is 23.2 Å². The number of rotatable bonds is 3. The summed E-state index contributed by atoms with van der Waals surface area (Å²) in [5.74, 6) is -1.10. The second kappa shape index (κ2) is 6.13. The molecule has 1 heterocycles. The topological polar surface area (TPSA) is 78.4 Å². The third-order valence-electron chi connectivity index (χ3n) is 2.30. The molecule has 0 atom stereocenters. The Balaban J connectivity index is 2.07. The van der Waals surface area contributed by atoms with Crippen molar-refractivity contribution in [2.75, 3.05) is 10.6 Å². The fourth-order valence-corrected chi connectivity index (χ4v) is 2.49. The van der Waals surface area contributed by atoms with Crippen molar-refractivity contribution in [1.29, 1.82) is 0 Å². The van der Waals surface area contributed by atoms with E-state index < -0.39 is 12.0 Å². The van der Waals surface area contributed by atoms with Gasteiger partial charge in [0.05, 0.1) is 15.6 Å². The highest BCUT2D eigenvalue weighted by Gasteiger charge is 2.14. The number of urea groups is 1. The number of aromatic carboxylic acids is 1. The number of amides is 2. The van der Waals surface area contributed by atoms with Gasteiger partial charge >= 0.3 is 12.0 Å². The lowest BCUT2D eigenvalue weighted by Crippen LogP contribution is -2.20. The molecule has 0 aliphatic carbocycles. The van der Waals surface area contributed by atoms with Crippen LogP contribution in [-0.2, 0) is 0 Å². The van der Waals surface area contributed by atoms with Crippen LogP contribution in [0.15, 0.2) is 29.6 Å². The van der Waals surface area contributed by atoms with Crippen LogP contribution in [0.1, 0.15) is 10.4 Å². The van der Waals surface area contributed by atoms with E-state index in [-0.39, 0.29) is 10.6 Å². The van der Waals surface area contributed by atoms with Crippen LogP contribution in [0.5, 0.6) is 0 Å². The lowest BCUT2D eigenvalue weighted by Gasteiger charge is -2.07. The van der Waals surface area contributed by atoms with Crippen molar-refractivity contribution in [3.05, 3.63) is 45.3 Å². The molecule has 1 aromatic heterocycles. The lowest BCUT2D eigenvalue weighted by molar-refractivity contribution is 0.0698. The molecule has 5 nitrogen and oxygen atoms in total. The molecule has 0 fully saturated rings. The highest BCUT2D eigenvalue weighted by molar-refractivity contribution is 7.14. The summed E-state index contributed by atoms with van der Waals surface area (Å²) >= 11 is 12.7. The van der Waals surface area contributed by atoms with Crippen molar-refractivity contribution in [1.82, 2.24) is 0 Å². The number of carboxylic acid groups (broad SMARTS) is 1. The minimum Gasteiger partial charge on any atom is -0.478 e. The van der Waals surface area contributed by atoms with Crippen molar-refractivity contribution in [2.45, 2.75) is 0 Å². The van der Waals surface area contributed by atoms with Gasteiger partial charge in [0.25, 0.3) is 0 Å². The van der Waals surface area contributed by atoms with Gasteiger partial charge in [-0.15, -0.1) is 11.3 Å². The SMILES string of the molecule is O=C(Nc1ccc(Cl)c(Cl)c1)Nc1sccc1C(=O)O. The first-order chi connectivity index (χ1) is 9.47. The van der Waals surface area contributed by atoms with Crippen molar-refractivity contribution in [2.24, 2.45) is 0 Å². The maximum absolute atomic E-state index is 11.8. The molecule has 1 aromatic carbocycles. The van der Waals surface area contributed by atoms with Gasteiger partial charge in [0.1, 0.15) is 5.00 Å². The number of hydrogen-bond donors (Lipinski definition) is 3. The number of carboxylic acids is 1. The molecule has 0 spiro atoms. The van der Waals surface area contributed by atoms with Gasteiger partial charge in [0, 0.05) is 5.69 Å². The molecule has 20 heavy (non-hydrogen) atoms. The number of thiophene rings is 1. The van der Waals surface area contributed by atoms with Crippen molar-refractivity contribution < 1.29 is 14.7 Å². The zero-order valence-electron chi connectivity index (χ0n) is 9.81. The van der Waals surface area contributed by atoms with E-state index in [1.807, 2.05) is 0 Å². The van der Waals surface area contributed by atoms with E-state index in [2.05, 4.69) is 10.6 Å². The Bertz CT molecular complexity index is 672. The Morgan fingerprint density at radius 3 is 2.50 bits per heavy atom. The maximum atomic E-state index is 11.8. The maximum Gasteiger partial charge on any atom is 0.338 e. The molecule has 0 aliphatic heterocycles. The van der Waals surface area contributed by atoms with Crippen LogP contribution in [0.4, 0.5) is 15.5 Å². The lowest BCUT2D eigenvalue weighted by atomic mass is 10.3. The number of carbonyl (C=O) groups excluding carboxylic acids is 1. The van der Waals surface area contributed by atoms with E-state index in [0.717, 1.165) is 11.3 Å². The highest BCUT2D eigenvalue weighted by Crippen LogP contribution is 2.26. The fraction of sp³-hybridized carbons (Fsp3) is 0. The van der Waals surface area contributed by atoms with Gasteiger partial charge in [-0.3, -0.25) is 5.32 Å². The van der Waals surface area contributed by atoms with Gasteiger partial charge in [0.15, 0.2) is 0 Å². The number of halogens is 2. The largest absolute Gasteiger partial charge is 0.478 e. The average Bonchev–Trinajstić information content (AvgIpc) is 2.82. The van der Waals surface area contributed by atoms with Crippen LogP contribution < -0.4 is 10.6 Å². The zero-order chi connectivity index (χ0) is 14.7. The van der Waals surface area contributed by atoms with E-state index in [4.69, 9.17) is 28.3 Å². The summed E-state index contributed by atoms with van der Waals surface area (Å²) in [5.41, 5.74) is 0.490. The van der Waals surface area contributed by atoms with Crippen LogP contribution >= 0.6 is 34.5 Å². The summed E-state index contributed by atoms with van der Waals surface area (Å²) in [6, 6.07) is 5.49. The molecule has 2 rings (SSSR count). The standard InChI is InChI=1S/C12H8Cl2N2O3S/c13-8-2-1-6(5-9(8)14)15-12(19)16-10-7(11(17)18)3-4-20-10/h1-5H,(H,17,18)(H2,15,16,19). The van der Waals surface area contributed by atoms with Crippen LogP contribution in [0, 0.1) is 0 Å². The van der Waals surface area contributed by atoms with Crippen LogP contribution in [0.2, 0.25) is 10.0 Å². The smallest absolute Gasteiger partial charge is 0.338 e. The summed E-state index contributed by atoms with van der Waals surface area (Å²) < 4.78 is 0. The predicted octanol–water partition coefficient (Wildman–Crippen LogP) is 4.40. The molecule has 2 amide bonds. The van der Waals surface area contributed by atoms with Gasteiger partial charge in [-0.25, -0.2) is 9.59 Å². The number of benzene rings is 1. The minimum atomic E-state index is -1.10. The third kappa shape index (κ3) is 3.41. The number of nitrogens with one attached hydrogen (secondary N) is 2. The van der Waals surface area contributed by atoms with Gasteiger partial charge in [-0.2, -0.15) is 0 Å². The van der Waals surface area contributed by atoms with Crippen LogP contribution in [-0.4, -0.2) is 17.1 Å². The summed E-state index contributed by atoms with van der Waals surface area (Å²) in [6.45, 7) is 0. The highest BCUT2D eigenvalue weighted by atomic mass is 35.5. The molecule has 104 valence electrons. The van der Waals surface area contributed by atoms with Crippen molar-refractivity contribution in [3.63, 3.8) is 0 Å². The fourth-order valence-electron chi connectivity index (χ4n) is 1.41. The molecule has 0 unspecified atom stereocenters. The van der Waals surface area contributed by atoms with Gasteiger partial charge in [0.2, 0.25) is 0 Å². The van der Waals surface area contributed by atoms with Crippen LogP contribution in [0.25, 0.3) is 0 Å². The second-order valence-electron chi connectivity index (χ2n) is 3.68. The first kappa shape index (κ1) is 14.6. The van der Waals surface area contributed by atoms with Gasteiger partial charge in [-0.05, 0) is 29.6 Å². The predicted molar refractivity (Wildman–Crippen MR) is 80.4 cm³/mol. The Kier molecular flexibility index (Phi) is 4.49. The first-order valence-corrected chi connectivity index (χ1v) is 6.95. The Labute approximate surface area is 128 Å². The molecule has 0 bridgehead atoms. The Hall–Kier alpha value is -1.76. The molecule has 0 aliphatic rings. The Morgan fingerprint density at radius 1 is 1.10 bits per heavy atom. The first-order valence-electron chi connectivity index (χ1n) is 5.31. The van der Waals surface area contributed by atoms with Crippen molar-refractivity contribution in [3.8, 4) is 0 Å². The molecular formula is C12H8Cl2N2O3S. The minimum absolute atomic E-state index is 0.0410. The van der Waals surface area contributed by atoms with E-state index in [1.165, 1.54) is 12.1 Å². The molecule has 2 aromatic rings. The van der Waals surface area contributed by atoms with E-state index in [9.17, 15) is 9.59 Å². The van der Waals surface area contributed by atoms with E-state index in [1.54, 1.807) is 17.5 Å². The molecule has 8 heteroatoms. The number of hydrogen-bond acceptors (Lipinski definition) is 3. The molecular weight excluding hydrogens is 323 g/mol.